The Morgan fingerprint density at radius 1 is 1.33 bits per heavy atom. The Morgan fingerprint density at radius 2 is 2.20 bits per heavy atom. The molecule has 0 saturated carbocycles. The van der Waals surface area contributed by atoms with Crippen molar-refractivity contribution in [2.24, 2.45) is 0 Å². The van der Waals surface area contributed by atoms with E-state index < -0.39 is 0 Å². The van der Waals surface area contributed by atoms with Crippen molar-refractivity contribution in [1.82, 2.24) is 0 Å². The van der Waals surface area contributed by atoms with Crippen molar-refractivity contribution < 1.29 is 4.79 Å². The second-order valence-electron chi connectivity index (χ2n) is 3.24. The molecule has 1 aromatic heterocycles. The van der Waals surface area contributed by atoms with Gasteiger partial charge in [-0.2, -0.15) is 11.3 Å². The van der Waals surface area contributed by atoms with Gasteiger partial charge < -0.3 is 0 Å². The van der Waals surface area contributed by atoms with Gasteiger partial charge in [-0.3, -0.25) is 4.79 Å². The molecule has 0 bridgehead atoms. The zero-order chi connectivity index (χ0) is 10.7. The van der Waals surface area contributed by atoms with Gasteiger partial charge >= 0.3 is 0 Å². The lowest BCUT2D eigenvalue weighted by Gasteiger charge is -1.99. The van der Waals surface area contributed by atoms with Crippen molar-refractivity contribution in [3.05, 3.63) is 56.7 Å². The maximum atomic E-state index is 11.8. The molecule has 0 aliphatic carbocycles. The second-order valence-corrected chi connectivity index (χ2v) is 4.94. The molecular formula is C12H9BrOS. The van der Waals surface area contributed by atoms with Gasteiger partial charge in [-0.1, -0.05) is 28.1 Å². The third-order valence-corrected chi connectivity index (χ3v) is 3.32. The van der Waals surface area contributed by atoms with Crippen LogP contribution in [0.5, 0.6) is 0 Å². The molecule has 2 rings (SSSR count). The van der Waals surface area contributed by atoms with Crippen LogP contribution >= 0.6 is 27.3 Å². The molecule has 2 aromatic rings. The van der Waals surface area contributed by atoms with Crippen molar-refractivity contribution in [3.8, 4) is 0 Å². The summed E-state index contributed by atoms with van der Waals surface area (Å²) >= 11 is 4.98. The number of benzene rings is 1. The summed E-state index contributed by atoms with van der Waals surface area (Å²) in [5.41, 5.74) is 1.85. The molecule has 0 spiro atoms. The van der Waals surface area contributed by atoms with Crippen LogP contribution < -0.4 is 0 Å². The van der Waals surface area contributed by atoms with Crippen LogP contribution in [-0.4, -0.2) is 5.78 Å². The Kier molecular flexibility index (Phi) is 3.34. The van der Waals surface area contributed by atoms with Crippen molar-refractivity contribution in [2.45, 2.75) is 6.42 Å². The average Bonchev–Trinajstić information content (AvgIpc) is 2.70. The van der Waals surface area contributed by atoms with E-state index in [2.05, 4.69) is 15.9 Å². The minimum Gasteiger partial charge on any atom is -0.294 e. The lowest BCUT2D eigenvalue weighted by atomic mass is 10.1. The van der Waals surface area contributed by atoms with E-state index in [4.69, 9.17) is 0 Å². The van der Waals surface area contributed by atoms with Crippen molar-refractivity contribution in [3.63, 3.8) is 0 Å². The topological polar surface area (TPSA) is 17.1 Å². The number of hydrogen-bond acceptors (Lipinski definition) is 2. The van der Waals surface area contributed by atoms with Gasteiger partial charge in [0.1, 0.15) is 0 Å². The fraction of sp³-hybridized carbons (Fsp3) is 0.0833. The molecule has 1 aromatic carbocycles. The first-order valence-corrected chi connectivity index (χ1v) is 6.29. The smallest absolute Gasteiger partial charge is 0.167 e. The van der Waals surface area contributed by atoms with Crippen molar-refractivity contribution >= 4 is 33.0 Å². The fourth-order valence-electron chi connectivity index (χ4n) is 1.34. The van der Waals surface area contributed by atoms with Gasteiger partial charge in [0.15, 0.2) is 5.78 Å². The van der Waals surface area contributed by atoms with Gasteiger partial charge in [0.25, 0.3) is 0 Å². The monoisotopic (exact) mass is 280 g/mol. The highest BCUT2D eigenvalue weighted by Crippen LogP contribution is 2.15. The predicted molar refractivity (Wildman–Crippen MR) is 66.5 cm³/mol. The summed E-state index contributed by atoms with van der Waals surface area (Å²) in [5.74, 6) is 0.162. The Hall–Kier alpha value is -0.930. The molecule has 1 nitrogen and oxygen atoms in total. The lowest BCUT2D eigenvalue weighted by Crippen LogP contribution is -2.02. The quantitative estimate of drug-likeness (QED) is 0.779. The van der Waals surface area contributed by atoms with E-state index in [0.717, 1.165) is 15.6 Å². The number of rotatable bonds is 3. The number of Topliss-reactive ketones (excluding diaryl/α,β-unsaturated/α-hetero) is 1. The van der Waals surface area contributed by atoms with Crippen molar-refractivity contribution in [2.75, 3.05) is 0 Å². The molecule has 0 radical (unpaired) electrons. The molecular weight excluding hydrogens is 272 g/mol. The summed E-state index contributed by atoms with van der Waals surface area (Å²) in [5, 5.41) is 4.00. The minimum absolute atomic E-state index is 0.162. The van der Waals surface area contributed by atoms with Crippen LogP contribution in [0, 0.1) is 0 Å². The normalized spacial score (nSPS) is 10.2. The van der Waals surface area contributed by atoms with Crippen LogP contribution in [-0.2, 0) is 6.42 Å². The molecule has 0 atom stereocenters. The molecule has 3 heteroatoms. The van der Waals surface area contributed by atoms with Crippen molar-refractivity contribution in [1.29, 1.82) is 0 Å². The summed E-state index contributed by atoms with van der Waals surface area (Å²) < 4.78 is 0.943. The van der Waals surface area contributed by atoms with Crippen LogP contribution in [0.4, 0.5) is 0 Å². The number of ketones is 1. The Morgan fingerprint density at radius 3 is 2.87 bits per heavy atom. The summed E-state index contributed by atoms with van der Waals surface area (Å²) in [6, 6.07) is 9.49. The number of hydrogen-bond donors (Lipinski definition) is 0. The number of carbonyl (C=O) groups is 1. The third-order valence-electron chi connectivity index (χ3n) is 2.09. The van der Waals surface area contributed by atoms with Crippen LogP contribution in [0.25, 0.3) is 0 Å². The van der Waals surface area contributed by atoms with Gasteiger partial charge in [0, 0.05) is 16.5 Å². The Bertz CT molecular complexity index is 462. The van der Waals surface area contributed by atoms with Crippen LogP contribution in [0.2, 0.25) is 0 Å². The number of thiophene rings is 1. The maximum Gasteiger partial charge on any atom is 0.167 e. The lowest BCUT2D eigenvalue weighted by molar-refractivity contribution is 0.0993. The zero-order valence-electron chi connectivity index (χ0n) is 7.94. The van der Waals surface area contributed by atoms with E-state index in [1.54, 1.807) is 11.3 Å². The van der Waals surface area contributed by atoms with Crippen LogP contribution in [0.3, 0.4) is 0 Å². The maximum absolute atomic E-state index is 11.8. The van der Waals surface area contributed by atoms with E-state index in [0.29, 0.717) is 6.42 Å². The number of halogens is 1. The molecule has 0 aliphatic heterocycles. The van der Waals surface area contributed by atoms with Gasteiger partial charge in [-0.05, 0) is 34.5 Å². The predicted octanol–water partition coefficient (Wildman–Crippen LogP) is 3.94. The molecule has 1 heterocycles. The largest absolute Gasteiger partial charge is 0.294 e. The third kappa shape index (κ3) is 2.76. The van der Waals surface area contributed by atoms with E-state index in [9.17, 15) is 4.79 Å². The van der Waals surface area contributed by atoms with Crippen LogP contribution in [0.15, 0.2) is 45.6 Å². The number of carbonyl (C=O) groups excluding carboxylic acids is 1. The molecule has 0 aliphatic rings. The van der Waals surface area contributed by atoms with E-state index in [-0.39, 0.29) is 5.78 Å². The van der Waals surface area contributed by atoms with E-state index >= 15 is 0 Å². The van der Waals surface area contributed by atoms with Gasteiger partial charge in [0.05, 0.1) is 0 Å². The first-order chi connectivity index (χ1) is 7.25. The van der Waals surface area contributed by atoms with E-state index in [1.165, 1.54) is 0 Å². The Labute approximate surface area is 101 Å². The minimum atomic E-state index is 0.162. The fourth-order valence-corrected chi connectivity index (χ4v) is 2.41. The summed E-state index contributed by atoms with van der Waals surface area (Å²) in [6.07, 6.45) is 0.486. The average molecular weight is 281 g/mol. The summed E-state index contributed by atoms with van der Waals surface area (Å²) in [7, 11) is 0. The summed E-state index contributed by atoms with van der Waals surface area (Å²) in [6.45, 7) is 0. The highest BCUT2D eigenvalue weighted by molar-refractivity contribution is 9.10. The molecule has 76 valence electrons. The first-order valence-electron chi connectivity index (χ1n) is 4.55. The highest BCUT2D eigenvalue weighted by atomic mass is 79.9. The molecule has 15 heavy (non-hydrogen) atoms. The molecule has 0 saturated heterocycles. The molecule has 0 N–H and O–H groups in total. The standard InChI is InChI=1S/C12H9BrOS/c13-11-3-1-2-10(7-11)12(14)6-9-4-5-15-8-9/h1-5,7-8H,6H2. The van der Waals surface area contributed by atoms with Gasteiger partial charge in [0.2, 0.25) is 0 Å². The van der Waals surface area contributed by atoms with E-state index in [1.807, 2.05) is 41.1 Å². The second kappa shape index (κ2) is 4.73. The summed E-state index contributed by atoms with van der Waals surface area (Å²) in [4.78, 5) is 11.8. The zero-order valence-corrected chi connectivity index (χ0v) is 10.3. The SMILES string of the molecule is O=C(Cc1ccsc1)c1cccc(Br)c1. The van der Waals surface area contributed by atoms with Gasteiger partial charge in [-0.15, -0.1) is 0 Å². The molecule has 0 fully saturated rings. The molecule has 0 amide bonds. The van der Waals surface area contributed by atoms with Crippen LogP contribution in [0.1, 0.15) is 15.9 Å². The molecule has 0 unspecified atom stereocenters. The van der Waals surface area contributed by atoms with Gasteiger partial charge in [-0.25, -0.2) is 0 Å². The highest BCUT2D eigenvalue weighted by Gasteiger charge is 2.07. The first kappa shape index (κ1) is 10.6. The Balaban J connectivity index is 2.15.